The summed E-state index contributed by atoms with van der Waals surface area (Å²) in [6, 6.07) is 7.94. The number of hydrogen-bond acceptors (Lipinski definition) is 3. The van der Waals surface area contributed by atoms with Gasteiger partial charge in [-0.15, -0.1) is 0 Å². The van der Waals surface area contributed by atoms with E-state index >= 15 is 0 Å². The Kier molecular flexibility index (Phi) is 4.19. The fourth-order valence-corrected chi connectivity index (χ4v) is 2.19. The number of benzene rings is 1. The van der Waals surface area contributed by atoms with Gasteiger partial charge in [-0.05, 0) is 57.6 Å². The van der Waals surface area contributed by atoms with Crippen LogP contribution in [0.1, 0.15) is 63.7 Å². The van der Waals surface area contributed by atoms with Crippen molar-refractivity contribution >= 4 is 5.97 Å². The van der Waals surface area contributed by atoms with Crippen LogP contribution < -0.4 is 0 Å². The van der Waals surface area contributed by atoms with Gasteiger partial charge in [-0.3, -0.25) is 4.79 Å². The Labute approximate surface area is 121 Å². The zero-order valence-electron chi connectivity index (χ0n) is 12.7. The third kappa shape index (κ3) is 3.83. The summed E-state index contributed by atoms with van der Waals surface area (Å²) in [4.78, 5) is 12.0. The highest BCUT2D eigenvalue weighted by Gasteiger charge is 2.29. The zero-order valence-corrected chi connectivity index (χ0v) is 12.7. The molecular weight excluding hydrogens is 252 g/mol. The Morgan fingerprint density at radius 3 is 2.25 bits per heavy atom. The van der Waals surface area contributed by atoms with Gasteiger partial charge in [-0.1, -0.05) is 24.3 Å². The van der Waals surface area contributed by atoms with Gasteiger partial charge >= 0.3 is 5.97 Å². The number of esters is 1. The molecule has 0 aliphatic heterocycles. The Bertz CT molecular complexity index is 466. The van der Waals surface area contributed by atoms with Gasteiger partial charge in [0.15, 0.2) is 0 Å². The predicted octanol–water partition coefficient (Wildman–Crippen LogP) is 3.58. The van der Waals surface area contributed by atoms with E-state index in [0.29, 0.717) is 5.92 Å². The largest absolute Gasteiger partial charge is 0.460 e. The summed E-state index contributed by atoms with van der Waals surface area (Å²) < 4.78 is 5.32. The lowest BCUT2D eigenvalue weighted by Crippen LogP contribution is -2.30. The third-order valence-electron chi connectivity index (χ3n) is 3.58. The standard InChI is InChI=1S/C17H24O3/c1-11(16(19)20-17(2,3)4)15(18)14-9-7-13(8-10-14)12-5-6-12/h7-12,15,18H,5-6H2,1-4H3. The summed E-state index contributed by atoms with van der Waals surface area (Å²) >= 11 is 0. The predicted molar refractivity (Wildman–Crippen MR) is 78.4 cm³/mol. The molecule has 2 atom stereocenters. The van der Waals surface area contributed by atoms with Crippen LogP contribution in [0.25, 0.3) is 0 Å². The number of aliphatic hydroxyl groups excluding tert-OH is 1. The van der Waals surface area contributed by atoms with E-state index in [2.05, 4.69) is 12.1 Å². The van der Waals surface area contributed by atoms with Crippen molar-refractivity contribution in [1.82, 2.24) is 0 Å². The highest BCUT2D eigenvalue weighted by molar-refractivity contribution is 5.73. The molecule has 0 amide bonds. The smallest absolute Gasteiger partial charge is 0.312 e. The van der Waals surface area contributed by atoms with Crippen molar-refractivity contribution in [2.24, 2.45) is 5.92 Å². The first-order valence-corrected chi connectivity index (χ1v) is 7.29. The molecule has 2 rings (SSSR count). The van der Waals surface area contributed by atoms with Gasteiger partial charge in [0, 0.05) is 0 Å². The van der Waals surface area contributed by atoms with Crippen LogP contribution in [0, 0.1) is 5.92 Å². The molecule has 0 aromatic heterocycles. The van der Waals surface area contributed by atoms with Gasteiger partial charge < -0.3 is 9.84 Å². The van der Waals surface area contributed by atoms with E-state index in [1.54, 1.807) is 6.92 Å². The molecule has 20 heavy (non-hydrogen) atoms. The van der Waals surface area contributed by atoms with Crippen molar-refractivity contribution in [2.45, 2.75) is 58.2 Å². The summed E-state index contributed by atoms with van der Waals surface area (Å²) in [5.41, 5.74) is 1.57. The van der Waals surface area contributed by atoms with Crippen LogP contribution in [0.5, 0.6) is 0 Å². The van der Waals surface area contributed by atoms with E-state index in [4.69, 9.17) is 4.74 Å². The Balaban J connectivity index is 2.01. The molecule has 0 heterocycles. The lowest BCUT2D eigenvalue weighted by atomic mass is 9.96. The second-order valence-electron chi connectivity index (χ2n) is 6.71. The van der Waals surface area contributed by atoms with Crippen LogP contribution in [0.4, 0.5) is 0 Å². The maximum Gasteiger partial charge on any atom is 0.312 e. The fraction of sp³-hybridized carbons (Fsp3) is 0.588. The molecule has 1 aliphatic rings. The van der Waals surface area contributed by atoms with E-state index < -0.39 is 17.6 Å². The van der Waals surface area contributed by atoms with Gasteiger partial charge in [0.05, 0.1) is 12.0 Å². The molecule has 0 saturated heterocycles. The van der Waals surface area contributed by atoms with Gasteiger partial charge in [0.2, 0.25) is 0 Å². The van der Waals surface area contributed by atoms with E-state index in [1.165, 1.54) is 18.4 Å². The SMILES string of the molecule is CC(C(=O)OC(C)(C)C)C(O)c1ccc(C2CC2)cc1. The lowest BCUT2D eigenvalue weighted by molar-refractivity contribution is -0.163. The van der Waals surface area contributed by atoms with E-state index in [1.807, 2.05) is 32.9 Å². The number of ether oxygens (including phenoxy) is 1. The number of carbonyl (C=O) groups is 1. The number of hydrogen-bond donors (Lipinski definition) is 1. The molecule has 1 N–H and O–H groups in total. The molecule has 1 aliphatic carbocycles. The summed E-state index contributed by atoms with van der Waals surface area (Å²) in [6.45, 7) is 7.19. The van der Waals surface area contributed by atoms with Crippen molar-refractivity contribution in [3.8, 4) is 0 Å². The molecule has 2 unspecified atom stereocenters. The van der Waals surface area contributed by atoms with Crippen LogP contribution in [0.2, 0.25) is 0 Å². The van der Waals surface area contributed by atoms with Crippen LogP contribution >= 0.6 is 0 Å². The van der Waals surface area contributed by atoms with Gasteiger partial charge in [0.1, 0.15) is 5.60 Å². The number of carbonyl (C=O) groups excluding carboxylic acids is 1. The number of aliphatic hydroxyl groups is 1. The van der Waals surface area contributed by atoms with Gasteiger partial charge in [0.25, 0.3) is 0 Å². The topological polar surface area (TPSA) is 46.5 Å². The first-order chi connectivity index (χ1) is 9.28. The molecule has 110 valence electrons. The fourth-order valence-electron chi connectivity index (χ4n) is 2.19. The summed E-state index contributed by atoms with van der Waals surface area (Å²) in [5.74, 6) is -0.234. The minimum absolute atomic E-state index is 0.365. The second-order valence-corrected chi connectivity index (χ2v) is 6.71. The molecule has 0 radical (unpaired) electrons. The first kappa shape index (κ1) is 15.0. The van der Waals surface area contributed by atoms with Crippen LogP contribution in [0.15, 0.2) is 24.3 Å². The molecule has 3 heteroatoms. The molecule has 1 saturated carbocycles. The van der Waals surface area contributed by atoms with Crippen molar-refractivity contribution in [1.29, 1.82) is 0 Å². The minimum Gasteiger partial charge on any atom is -0.460 e. The van der Waals surface area contributed by atoms with Crippen LogP contribution in [0.3, 0.4) is 0 Å². The van der Waals surface area contributed by atoms with Crippen LogP contribution in [-0.4, -0.2) is 16.7 Å². The number of rotatable bonds is 4. The van der Waals surface area contributed by atoms with E-state index in [0.717, 1.165) is 5.56 Å². The molecular formula is C17H24O3. The average molecular weight is 276 g/mol. The molecule has 0 bridgehead atoms. The summed E-state index contributed by atoms with van der Waals surface area (Å²) in [5, 5.41) is 10.3. The maximum absolute atomic E-state index is 12.0. The van der Waals surface area contributed by atoms with Crippen molar-refractivity contribution in [3.05, 3.63) is 35.4 Å². The van der Waals surface area contributed by atoms with Gasteiger partial charge in [-0.2, -0.15) is 0 Å². The molecule has 1 aromatic rings. The molecule has 0 spiro atoms. The van der Waals surface area contributed by atoms with Crippen molar-refractivity contribution in [2.75, 3.05) is 0 Å². The molecule has 3 nitrogen and oxygen atoms in total. The average Bonchev–Trinajstić information content (AvgIpc) is 3.19. The van der Waals surface area contributed by atoms with E-state index in [-0.39, 0.29) is 5.97 Å². The Morgan fingerprint density at radius 1 is 1.25 bits per heavy atom. The lowest BCUT2D eigenvalue weighted by Gasteiger charge is -2.24. The first-order valence-electron chi connectivity index (χ1n) is 7.29. The third-order valence-corrected chi connectivity index (χ3v) is 3.58. The highest BCUT2D eigenvalue weighted by Crippen LogP contribution is 2.40. The molecule has 1 aromatic carbocycles. The monoisotopic (exact) mass is 276 g/mol. The normalized spacial score (nSPS) is 18.4. The van der Waals surface area contributed by atoms with Gasteiger partial charge in [-0.25, -0.2) is 0 Å². The zero-order chi connectivity index (χ0) is 14.9. The Hall–Kier alpha value is -1.35. The minimum atomic E-state index is -0.821. The highest BCUT2D eigenvalue weighted by atomic mass is 16.6. The van der Waals surface area contributed by atoms with Crippen molar-refractivity contribution in [3.63, 3.8) is 0 Å². The van der Waals surface area contributed by atoms with Crippen LogP contribution in [-0.2, 0) is 9.53 Å². The molecule has 1 fully saturated rings. The Morgan fingerprint density at radius 2 is 1.80 bits per heavy atom. The quantitative estimate of drug-likeness (QED) is 0.855. The second kappa shape index (κ2) is 5.57. The van der Waals surface area contributed by atoms with E-state index in [9.17, 15) is 9.90 Å². The summed E-state index contributed by atoms with van der Waals surface area (Å²) in [6.07, 6.45) is 1.70. The maximum atomic E-state index is 12.0. The summed E-state index contributed by atoms with van der Waals surface area (Å²) in [7, 11) is 0. The van der Waals surface area contributed by atoms with Crippen molar-refractivity contribution < 1.29 is 14.6 Å².